The maximum Gasteiger partial charge on any atom is 0.163 e. The van der Waals surface area contributed by atoms with Crippen LogP contribution in [0.3, 0.4) is 0 Å². The Balaban J connectivity index is 1.87. The second-order valence-electron chi connectivity index (χ2n) is 7.98. The minimum absolute atomic E-state index is 0.229. The van der Waals surface area contributed by atoms with Gasteiger partial charge in [0.05, 0.1) is 11.4 Å². The number of nitrogen functional groups attached to an aromatic ring is 1. The Morgan fingerprint density at radius 3 is 2.66 bits per heavy atom. The first kappa shape index (κ1) is 20.6. The van der Waals surface area contributed by atoms with Gasteiger partial charge in [-0.1, -0.05) is 19.9 Å². The van der Waals surface area contributed by atoms with Crippen LogP contribution in [-0.2, 0) is 12.0 Å². The highest BCUT2D eigenvalue weighted by molar-refractivity contribution is 5.69. The van der Waals surface area contributed by atoms with Gasteiger partial charge < -0.3 is 16.2 Å². The van der Waals surface area contributed by atoms with Gasteiger partial charge in [0.1, 0.15) is 28.9 Å². The van der Waals surface area contributed by atoms with Crippen molar-refractivity contribution in [1.82, 2.24) is 19.6 Å². The molecule has 8 nitrogen and oxygen atoms in total. The van der Waals surface area contributed by atoms with Gasteiger partial charge in [-0.2, -0.15) is 14.9 Å². The van der Waals surface area contributed by atoms with Gasteiger partial charge in [0.2, 0.25) is 0 Å². The van der Waals surface area contributed by atoms with Crippen molar-refractivity contribution in [3.63, 3.8) is 0 Å². The molecule has 3 heterocycles. The van der Waals surface area contributed by atoms with Crippen molar-refractivity contribution >= 4 is 17.3 Å². The lowest BCUT2D eigenvalue weighted by Gasteiger charge is -2.17. The topological polar surface area (TPSA) is 125 Å². The van der Waals surface area contributed by atoms with E-state index in [4.69, 9.17) is 5.73 Å². The molecule has 4 N–H and O–H groups in total. The molecule has 0 aliphatic heterocycles. The van der Waals surface area contributed by atoms with E-state index in [1.54, 1.807) is 24.4 Å². The molecule has 0 bridgehead atoms. The molecule has 0 spiro atoms. The van der Waals surface area contributed by atoms with Crippen molar-refractivity contribution in [2.75, 3.05) is 17.6 Å². The van der Waals surface area contributed by atoms with Gasteiger partial charge in [0, 0.05) is 24.2 Å². The quantitative estimate of drug-likeness (QED) is 0.588. The maximum atomic E-state index is 10.1. The van der Waals surface area contributed by atoms with E-state index in [1.165, 1.54) is 0 Å². The Bertz CT molecular complexity index is 1090. The van der Waals surface area contributed by atoms with Gasteiger partial charge in [-0.3, -0.25) is 4.98 Å². The highest BCUT2D eigenvalue weighted by Gasteiger charge is 2.20. The molecule has 8 heteroatoms. The molecule has 0 atom stereocenters. The Labute approximate surface area is 170 Å². The molecule has 0 radical (unpaired) electrons. The van der Waals surface area contributed by atoms with E-state index in [1.807, 2.05) is 19.1 Å². The third kappa shape index (κ3) is 4.00. The molecular formula is C21H27N7O. The number of aliphatic hydroxyl groups is 1. The summed E-state index contributed by atoms with van der Waals surface area (Å²) in [6.07, 6.45) is 0.608. The van der Waals surface area contributed by atoms with E-state index in [2.05, 4.69) is 40.3 Å². The molecule has 0 aromatic carbocycles. The fourth-order valence-electron chi connectivity index (χ4n) is 3.25. The van der Waals surface area contributed by atoms with Crippen LogP contribution in [0.25, 0.3) is 5.65 Å². The number of nitrogens with two attached hydrogens (primary N) is 1. The highest BCUT2D eigenvalue weighted by atomic mass is 16.3. The van der Waals surface area contributed by atoms with Crippen molar-refractivity contribution in [2.45, 2.75) is 52.6 Å². The summed E-state index contributed by atoms with van der Waals surface area (Å²) in [7, 11) is 0. The Hall–Kier alpha value is -3.18. The van der Waals surface area contributed by atoms with Crippen LogP contribution < -0.4 is 11.1 Å². The van der Waals surface area contributed by atoms with Crippen molar-refractivity contribution in [3.05, 3.63) is 46.4 Å². The van der Waals surface area contributed by atoms with Crippen molar-refractivity contribution < 1.29 is 5.11 Å². The number of nitrogens with one attached hydrogen (secondary N) is 1. The molecule has 152 valence electrons. The SMILES string of the molecule is Cc1c(C(C)C)nn2c(N)c(C#N)c(NCCc3cccc(C(C)(C)O)n3)nc12. The predicted octanol–water partition coefficient (Wildman–Crippen LogP) is 2.89. The summed E-state index contributed by atoms with van der Waals surface area (Å²) in [5.74, 6) is 0.943. The zero-order valence-corrected chi connectivity index (χ0v) is 17.5. The minimum atomic E-state index is -0.994. The number of pyridine rings is 1. The Morgan fingerprint density at radius 2 is 2.03 bits per heavy atom. The normalized spacial score (nSPS) is 11.8. The van der Waals surface area contributed by atoms with E-state index in [9.17, 15) is 10.4 Å². The summed E-state index contributed by atoms with van der Waals surface area (Å²) in [6, 6.07) is 7.72. The van der Waals surface area contributed by atoms with Crippen LogP contribution in [0, 0.1) is 18.3 Å². The smallest absolute Gasteiger partial charge is 0.163 e. The summed E-state index contributed by atoms with van der Waals surface area (Å²) in [4.78, 5) is 9.13. The van der Waals surface area contributed by atoms with E-state index in [0.29, 0.717) is 30.1 Å². The molecule has 0 aliphatic carbocycles. The van der Waals surface area contributed by atoms with Gasteiger partial charge in [-0.15, -0.1) is 0 Å². The summed E-state index contributed by atoms with van der Waals surface area (Å²) < 4.78 is 1.54. The standard InChI is InChI=1S/C21H27N7O/c1-12(2)17-13(3)20-26-19(15(11-22)18(23)28(20)27-17)24-10-9-14-7-6-8-16(25-14)21(4,5)29/h6-8,12,29H,9-10,23H2,1-5H3,(H,24,26). The second kappa shape index (κ2) is 7.68. The molecule has 3 rings (SSSR count). The summed E-state index contributed by atoms with van der Waals surface area (Å²) in [5.41, 5.74) is 9.48. The van der Waals surface area contributed by atoms with Crippen molar-refractivity contribution in [3.8, 4) is 6.07 Å². The largest absolute Gasteiger partial charge is 0.384 e. The number of aromatic nitrogens is 4. The monoisotopic (exact) mass is 393 g/mol. The molecule has 0 saturated heterocycles. The number of hydrogen-bond donors (Lipinski definition) is 3. The average Bonchev–Trinajstić information content (AvgIpc) is 2.99. The molecule has 0 aliphatic rings. The maximum absolute atomic E-state index is 10.1. The number of nitriles is 1. The van der Waals surface area contributed by atoms with Gasteiger partial charge in [0.15, 0.2) is 5.65 Å². The Kier molecular flexibility index (Phi) is 5.44. The molecule has 3 aromatic rings. The van der Waals surface area contributed by atoms with E-state index in [-0.39, 0.29) is 17.3 Å². The van der Waals surface area contributed by atoms with Gasteiger partial charge in [0.25, 0.3) is 0 Å². The molecule has 29 heavy (non-hydrogen) atoms. The van der Waals surface area contributed by atoms with Gasteiger partial charge in [-0.25, -0.2) is 4.98 Å². The molecule has 0 fully saturated rings. The summed E-state index contributed by atoms with van der Waals surface area (Å²) in [6.45, 7) is 10.0. The summed E-state index contributed by atoms with van der Waals surface area (Å²) >= 11 is 0. The predicted molar refractivity (Wildman–Crippen MR) is 113 cm³/mol. The molecule has 0 unspecified atom stereocenters. The van der Waals surface area contributed by atoms with E-state index >= 15 is 0 Å². The lowest BCUT2D eigenvalue weighted by atomic mass is 10.0. The van der Waals surface area contributed by atoms with Crippen LogP contribution in [0.4, 0.5) is 11.6 Å². The second-order valence-corrected chi connectivity index (χ2v) is 7.98. The zero-order chi connectivity index (χ0) is 21.3. The molecule has 0 amide bonds. The number of aryl methyl sites for hydroxylation is 1. The van der Waals surface area contributed by atoms with Crippen LogP contribution in [0.5, 0.6) is 0 Å². The third-order valence-electron chi connectivity index (χ3n) is 4.83. The van der Waals surface area contributed by atoms with Gasteiger partial charge >= 0.3 is 0 Å². The number of hydrogen-bond acceptors (Lipinski definition) is 7. The average molecular weight is 393 g/mol. The first-order valence-corrected chi connectivity index (χ1v) is 9.65. The molecular weight excluding hydrogens is 366 g/mol. The lowest BCUT2D eigenvalue weighted by molar-refractivity contribution is 0.0736. The number of fused-ring (bicyclic) bond motifs is 1. The first-order valence-electron chi connectivity index (χ1n) is 9.65. The Morgan fingerprint density at radius 1 is 1.31 bits per heavy atom. The van der Waals surface area contributed by atoms with E-state index < -0.39 is 5.60 Å². The highest BCUT2D eigenvalue weighted by Crippen LogP contribution is 2.27. The van der Waals surface area contributed by atoms with Gasteiger partial charge in [-0.05, 0) is 38.8 Å². The van der Waals surface area contributed by atoms with Crippen LogP contribution in [0.1, 0.15) is 61.8 Å². The third-order valence-corrected chi connectivity index (χ3v) is 4.83. The van der Waals surface area contributed by atoms with Crippen LogP contribution >= 0.6 is 0 Å². The lowest BCUT2D eigenvalue weighted by Crippen LogP contribution is -2.19. The zero-order valence-electron chi connectivity index (χ0n) is 17.5. The minimum Gasteiger partial charge on any atom is -0.384 e. The fraction of sp³-hybridized carbons (Fsp3) is 0.429. The van der Waals surface area contributed by atoms with Crippen molar-refractivity contribution in [2.24, 2.45) is 0 Å². The number of rotatable bonds is 6. The van der Waals surface area contributed by atoms with Crippen LogP contribution in [0.2, 0.25) is 0 Å². The molecule has 0 saturated carbocycles. The van der Waals surface area contributed by atoms with Crippen molar-refractivity contribution in [1.29, 1.82) is 5.26 Å². The van der Waals surface area contributed by atoms with Crippen LogP contribution in [0.15, 0.2) is 18.2 Å². The summed E-state index contributed by atoms with van der Waals surface area (Å²) in [5, 5.41) is 27.5. The number of anilines is 2. The van der Waals surface area contributed by atoms with E-state index in [0.717, 1.165) is 17.0 Å². The fourth-order valence-corrected chi connectivity index (χ4v) is 3.25. The first-order chi connectivity index (χ1) is 13.6. The molecule has 3 aromatic heterocycles. The number of nitrogens with zero attached hydrogens (tertiary/aromatic N) is 5. The van der Waals surface area contributed by atoms with Crippen LogP contribution in [-0.4, -0.2) is 31.2 Å².